The largest absolute Gasteiger partial charge is 0.352 e. The van der Waals surface area contributed by atoms with Gasteiger partial charge < -0.3 is 14.8 Å². The van der Waals surface area contributed by atoms with E-state index in [-0.39, 0.29) is 5.56 Å². The number of rotatable bonds is 6. The molecule has 1 N–H and O–H groups in total. The van der Waals surface area contributed by atoms with Crippen molar-refractivity contribution in [1.82, 2.24) is 14.9 Å². The molecule has 2 aliphatic rings. The number of nitrogens with one attached hydrogen (secondary N) is 1. The van der Waals surface area contributed by atoms with Crippen LogP contribution in [0.4, 0.5) is 5.82 Å². The van der Waals surface area contributed by atoms with Gasteiger partial charge in [0.05, 0.1) is 0 Å². The molecule has 1 saturated heterocycles. The highest BCUT2D eigenvalue weighted by Crippen LogP contribution is 2.22. The van der Waals surface area contributed by atoms with E-state index in [0.29, 0.717) is 5.82 Å². The third-order valence-electron chi connectivity index (χ3n) is 4.55. The zero-order valence-electron chi connectivity index (χ0n) is 12.9. The fourth-order valence-corrected chi connectivity index (χ4v) is 3.04. The highest BCUT2D eigenvalue weighted by atomic mass is 16.1. The lowest BCUT2D eigenvalue weighted by atomic mass is 9.97. The summed E-state index contributed by atoms with van der Waals surface area (Å²) in [5.41, 5.74) is 0.0638. The lowest BCUT2D eigenvalue weighted by molar-refractivity contribution is 0.380. The molecule has 1 aliphatic heterocycles. The van der Waals surface area contributed by atoms with E-state index in [9.17, 15) is 4.79 Å². The Bertz CT molecular complexity index is 515. The predicted octanol–water partition coefficient (Wildman–Crippen LogP) is 1.62. The molecule has 3 rings (SSSR count). The number of hydrogen-bond donors (Lipinski definition) is 1. The standard InChI is InChI=1S/C16H26N4O/c1-2-8-20-11-7-17-15(16(20)21)19-9-5-13(6-10-19)12-18-14-3-4-14/h7,11,13-14,18H,2-6,8-10,12H2,1H3. The van der Waals surface area contributed by atoms with Crippen LogP contribution >= 0.6 is 0 Å². The SMILES string of the molecule is CCCn1ccnc(N2CCC(CNC3CC3)CC2)c1=O. The van der Waals surface area contributed by atoms with Gasteiger partial charge in [-0.3, -0.25) is 4.79 Å². The summed E-state index contributed by atoms with van der Waals surface area (Å²) >= 11 is 0. The Labute approximate surface area is 126 Å². The molecule has 0 aromatic carbocycles. The summed E-state index contributed by atoms with van der Waals surface area (Å²) in [6.45, 7) is 5.91. The molecule has 116 valence electrons. The topological polar surface area (TPSA) is 50.2 Å². The molecule has 0 bridgehead atoms. The number of anilines is 1. The first kappa shape index (κ1) is 14.6. The second kappa shape index (κ2) is 6.60. The van der Waals surface area contributed by atoms with Crippen molar-refractivity contribution in [2.75, 3.05) is 24.5 Å². The van der Waals surface area contributed by atoms with Crippen LogP contribution in [0.2, 0.25) is 0 Å². The third-order valence-corrected chi connectivity index (χ3v) is 4.55. The van der Waals surface area contributed by atoms with Gasteiger partial charge in [0.15, 0.2) is 5.82 Å². The lowest BCUT2D eigenvalue weighted by Crippen LogP contribution is -2.41. The van der Waals surface area contributed by atoms with E-state index >= 15 is 0 Å². The lowest BCUT2D eigenvalue weighted by Gasteiger charge is -2.32. The Morgan fingerprint density at radius 2 is 2.05 bits per heavy atom. The van der Waals surface area contributed by atoms with E-state index in [4.69, 9.17) is 0 Å². The first-order valence-electron chi connectivity index (χ1n) is 8.31. The minimum absolute atomic E-state index is 0.0638. The normalized spacial score (nSPS) is 20.0. The molecule has 1 aromatic heterocycles. The Hall–Kier alpha value is -1.36. The smallest absolute Gasteiger partial charge is 0.293 e. The van der Waals surface area contributed by atoms with Crippen LogP contribution in [0.15, 0.2) is 17.2 Å². The maximum Gasteiger partial charge on any atom is 0.293 e. The molecule has 5 nitrogen and oxygen atoms in total. The molecular weight excluding hydrogens is 264 g/mol. The average Bonchev–Trinajstić information content (AvgIpc) is 3.33. The van der Waals surface area contributed by atoms with Gasteiger partial charge in [-0.25, -0.2) is 4.98 Å². The van der Waals surface area contributed by atoms with Crippen LogP contribution in [-0.2, 0) is 6.54 Å². The van der Waals surface area contributed by atoms with Crippen LogP contribution in [0.1, 0.15) is 39.0 Å². The summed E-state index contributed by atoms with van der Waals surface area (Å²) in [5.74, 6) is 1.39. The van der Waals surface area contributed by atoms with E-state index in [1.807, 2.05) is 0 Å². The molecule has 21 heavy (non-hydrogen) atoms. The zero-order valence-corrected chi connectivity index (χ0v) is 12.9. The molecule has 1 saturated carbocycles. The third kappa shape index (κ3) is 3.64. The monoisotopic (exact) mass is 290 g/mol. The van der Waals surface area contributed by atoms with Gasteiger partial charge in [-0.2, -0.15) is 0 Å². The van der Waals surface area contributed by atoms with Crippen molar-refractivity contribution in [2.24, 2.45) is 5.92 Å². The van der Waals surface area contributed by atoms with Crippen LogP contribution < -0.4 is 15.8 Å². The van der Waals surface area contributed by atoms with Gasteiger partial charge in [-0.15, -0.1) is 0 Å². The molecule has 1 aromatic rings. The van der Waals surface area contributed by atoms with Crippen molar-refractivity contribution in [3.8, 4) is 0 Å². The first-order valence-corrected chi connectivity index (χ1v) is 8.31. The van der Waals surface area contributed by atoms with E-state index in [0.717, 1.165) is 57.4 Å². The Morgan fingerprint density at radius 1 is 1.29 bits per heavy atom. The Kier molecular flexibility index (Phi) is 4.58. The highest BCUT2D eigenvalue weighted by Gasteiger charge is 2.25. The second-order valence-corrected chi connectivity index (χ2v) is 6.36. The van der Waals surface area contributed by atoms with Crippen molar-refractivity contribution >= 4 is 5.82 Å². The van der Waals surface area contributed by atoms with Crippen LogP contribution in [0.3, 0.4) is 0 Å². The summed E-state index contributed by atoms with van der Waals surface area (Å²) < 4.78 is 1.78. The van der Waals surface area contributed by atoms with Crippen LogP contribution in [0.5, 0.6) is 0 Å². The Morgan fingerprint density at radius 3 is 2.71 bits per heavy atom. The van der Waals surface area contributed by atoms with Gasteiger partial charge >= 0.3 is 0 Å². The number of hydrogen-bond acceptors (Lipinski definition) is 4. The molecule has 0 amide bonds. The van der Waals surface area contributed by atoms with Gasteiger partial charge in [0, 0.05) is 38.1 Å². The maximum atomic E-state index is 12.4. The average molecular weight is 290 g/mol. The minimum atomic E-state index is 0.0638. The van der Waals surface area contributed by atoms with E-state index in [2.05, 4.69) is 22.1 Å². The van der Waals surface area contributed by atoms with Gasteiger partial charge in [0.25, 0.3) is 5.56 Å². The second-order valence-electron chi connectivity index (χ2n) is 6.36. The summed E-state index contributed by atoms with van der Waals surface area (Å²) in [6.07, 6.45) is 9.54. The maximum absolute atomic E-state index is 12.4. The van der Waals surface area contributed by atoms with Gasteiger partial charge in [-0.1, -0.05) is 6.92 Å². The minimum Gasteiger partial charge on any atom is -0.352 e. The first-order chi connectivity index (χ1) is 10.3. The van der Waals surface area contributed by atoms with Crippen LogP contribution in [-0.4, -0.2) is 35.2 Å². The highest BCUT2D eigenvalue weighted by molar-refractivity contribution is 5.36. The van der Waals surface area contributed by atoms with Gasteiger partial charge in [0.1, 0.15) is 0 Å². The summed E-state index contributed by atoms with van der Waals surface area (Å²) in [5, 5.41) is 3.62. The zero-order chi connectivity index (χ0) is 14.7. The van der Waals surface area contributed by atoms with E-state index < -0.39 is 0 Å². The fourth-order valence-electron chi connectivity index (χ4n) is 3.04. The molecule has 2 fully saturated rings. The molecular formula is C16H26N4O. The fraction of sp³-hybridized carbons (Fsp3) is 0.750. The molecule has 0 radical (unpaired) electrons. The number of aromatic nitrogens is 2. The van der Waals surface area contributed by atoms with Crippen LogP contribution in [0, 0.1) is 5.92 Å². The molecule has 2 heterocycles. The number of piperidine rings is 1. The van der Waals surface area contributed by atoms with Crippen molar-refractivity contribution in [1.29, 1.82) is 0 Å². The Balaban J connectivity index is 1.58. The molecule has 0 unspecified atom stereocenters. The summed E-state index contributed by atoms with van der Waals surface area (Å²) in [7, 11) is 0. The van der Waals surface area contributed by atoms with E-state index in [1.165, 1.54) is 12.8 Å². The predicted molar refractivity (Wildman–Crippen MR) is 84.7 cm³/mol. The van der Waals surface area contributed by atoms with Gasteiger partial charge in [0.2, 0.25) is 0 Å². The van der Waals surface area contributed by atoms with Crippen LogP contribution in [0.25, 0.3) is 0 Å². The van der Waals surface area contributed by atoms with Crippen molar-refractivity contribution in [3.63, 3.8) is 0 Å². The molecule has 0 spiro atoms. The van der Waals surface area contributed by atoms with Crippen molar-refractivity contribution in [2.45, 2.75) is 51.6 Å². The molecule has 0 atom stereocenters. The van der Waals surface area contributed by atoms with Crippen molar-refractivity contribution in [3.05, 3.63) is 22.7 Å². The molecule has 5 heteroatoms. The molecule has 1 aliphatic carbocycles. The van der Waals surface area contributed by atoms with E-state index in [1.54, 1.807) is 17.0 Å². The quantitative estimate of drug-likeness (QED) is 0.865. The van der Waals surface area contributed by atoms with Gasteiger partial charge in [-0.05, 0) is 44.6 Å². The summed E-state index contributed by atoms with van der Waals surface area (Å²) in [6, 6.07) is 0.792. The number of aryl methyl sites for hydroxylation is 1. The number of nitrogens with zero attached hydrogens (tertiary/aromatic N) is 3. The van der Waals surface area contributed by atoms with Crippen molar-refractivity contribution < 1.29 is 0 Å². The summed E-state index contributed by atoms with van der Waals surface area (Å²) in [4.78, 5) is 18.9.